The Morgan fingerprint density at radius 3 is 2.62 bits per heavy atom. The maximum Gasteiger partial charge on any atom is 0.246 e. The highest BCUT2D eigenvalue weighted by Gasteiger charge is 2.32. The monoisotopic (exact) mass is 333 g/mol. The van der Waals surface area contributed by atoms with Crippen LogP contribution in [0.2, 0.25) is 0 Å². The molecule has 0 radical (unpaired) electrons. The first-order valence-corrected chi connectivity index (χ1v) is 10.0. The Labute approximate surface area is 125 Å². The van der Waals surface area contributed by atoms with Crippen LogP contribution in [-0.4, -0.2) is 57.3 Å². The van der Waals surface area contributed by atoms with Crippen molar-refractivity contribution in [2.45, 2.75) is 18.2 Å². The molecule has 1 N–H and O–H groups in total. The molecule has 2 heterocycles. The molecule has 9 heteroatoms. The van der Waals surface area contributed by atoms with Crippen LogP contribution in [0, 0.1) is 0 Å². The average molecular weight is 333 g/mol. The van der Waals surface area contributed by atoms with Crippen molar-refractivity contribution in [2.24, 2.45) is 0 Å². The lowest BCUT2D eigenvalue weighted by Crippen LogP contribution is -2.43. The first-order valence-electron chi connectivity index (χ1n) is 6.76. The Balaban J connectivity index is 2.28. The number of sulfonamides is 1. The lowest BCUT2D eigenvalue weighted by Gasteiger charge is -2.26. The van der Waals surface area contributed by atoms with Crippen LogP contribution in [0.25, 0.3) is 0 Å². The fourth-order valence-corrected chi connectivity index (χ4v) is 5.04. The first-order chi connectivity index (χ1) is 9.87. The van der Waals surface area contributed by atoms with E-state index in [1.807, 2.05) is 6.92 Å². The molecule has 7 nitrogen and oxygen atoms in total. The number of sulfone groups is 1. The quantitative estimate of drug-likeness (QED) is 0.834. The van der Waals surface area contributed by atoms with E-state index in [-0.39, 0.29) is 29.5 Å². The predicted octanol–water partition coefficient (Wildman–Crippen LogP) is 0.323. The molecule has 1 aliphatic heterocycles. The van der Waals surface area contributed by atoms with Gasteiger partial charge in [0.25, 0.3) is 0 Å². The Bertz CT molecular complexity index is 687. The summed E-state index contributed by atoms with van der Waals surface area (Å²) in [5.74, 6) is 0.0433. The zero-order chi connectivity index (χ0) is 15.5. The summed E-state index contributed by atoms with van der Waals surface area (Å²) in [5.41, 5.74) is 0. The van der Waals surface area contributed by atoms with Crippen molar-refractivity contribution in [1.29, 1.82) is 0 Å². The minimum atomic E-state index is -3.73. The van der Waals surface area contributed by atoms with Crippen molar-refractivity contribution in [3.05, 3.63) is 18.3 Å². The summed E-state index contributed by atoms with van der Waals surface area (Å²) >= 11 is 0. The summed E-state index contributed by atoms with van der Waals surface area (Å²) in [5, 5.41) is 2.99. The topological polar surface area (TPSA) is 96.4 Å². The molecule has 0 aromatic carbocycles. The maximum atomic E-state index is 12.6. The minimum absolute atomic E-state index is 0.00716. The van der Waals surface area contributed by atoms with Gasteiger partial charge in [0.15, 0.2) is 9.84 Å². The molecule has 0 amide bonds. The van der Waals surface area contributed by atoms with Crippen LogP contribution in [0.5, 0.6) is 0 Å². The van der Waals surface area contributed by atoms with Crippen molar-refractivity contribution in [3.8, 4) is 0 Å². The van der Waals surface area contributed by atoms with Crippen LogP contribution in [0.3, 0.4) is 0 Å². The molecule has 1 fully saturated rings. The number of anilines is 1. The number of hydrogen-bond acceptors (Lipinski definition) is 6. The molecule has 0 bridgehead atoms. The lowest BCUT2D eigenvalue weighted by molar-refractivity contribution is 0.431. The van der Waals surface area contributed by atoms with Gasteiger partial charge < -0.3 is 5.32 Å². The Morgan fingerprint density at radius 2 is 2.00 bits per heavy atom. The normalized spacial score (nSPS) is 19.3. The summed E-state index contributed by atoms with van der Waals surface area (Å²) in [6.07, 6.45) is 2.37. The molecular weight excluding hydrogens is 314 g/mol. The van der Waals surface area contributed by atoms with Crippen molar-refractivity contribution in [1.82, 2.24) is 9.29 Å². The second-order valence-electron chi connectivity index (χ2n) is 4.83. The van der Waals surface area contributed by atoms with E-state index >= 15 is 0 Å². The molecule has 0 aliphatic carbocycles. The third kappa shape index (κ3) is 3.72. The molecule has 118 valence electrons. The minimum Gasteiger partial charge on any atom is -0.369 e. The summed E-state index contributed by atoms with van der Waals surface area (Å²) in [4.78, 5) is 4.17. The van der Waals surface area contributed by atoms with E-state index in [2.05, 4.69) is 10.3 Å². The van der Waals surface area contributed by atoms with Gasteiger partial charge in [-0.25, -0.2) is 21.8 Å². The largest absolute Gasteiger partial charge is 0.369 e. The van der Waals surface area contributed by atoms with Crippen LogP contribution in [-0.2, 0) is 19.9 Å². The van der Waals surface area contributed by atoms with Crippen molar-refractivity contribution in [2.75, 3.05) is 36.5 Å². The molecule has 2 rings (SSSR count). The summed E-state index contributed by atoms with van der Waals surface area (Å²) in [6, 6.07) is 3.05. The molecule has 0 spiro atoms. The van der Waals surface area contributed by atoms with Crippen LogP contribution in [0.4, 0.5) is 5.82 Å². The third-order valence-electron chi connectivity index (χ3n) is 3.23. The summed E-state index contributed by atoms with van der Waals surface area (Å²) < 4.78 is 49.3. The summed E-state index contributed by atoms with van der Waals surface area (Å²) in [7, 11) is -6.85. The standard InChI is InChI=1S/C12H19N3O4S2/c1-2-5-13-12-11(4-3-6-14-12)21(18,19)15-7-9-20(16,17)10-8-15/h3-4,6H,2,5,7-10H2,1H3,(H,13,14). The van der Waals surface area contributed by atoms with Crippen molar-refractivity contribution < 1.29 is 16.8 Å². The third-order valence-corrected chi connectivity index (χ3v) is 6.77. The van der Waals surface area contributed by atoms with E-state index < -0.39 is 19.9 Å². The van der Waals surface area contributed by atoms with Crippen LogP contribution >= 0.6 is 0 Å². The molecule has 1 aliphatic rings. The highest BCUT2D eigenvalue weighted by molar-refractivity contribution is 7.92. The molecule has 1 aromatic heterocycles. The number of nitrogens with zero attached hydrogens (tertiary/aromatic N) is 2. The average Bonchev–Trinajstić information content (AvgIpc) is 2.45. The van der Waals surface area contributed by atoms with E-state index in [1.54, 1.807) is 6.07 Å². The Hall–Kier alpha value is -1.19. The smallest absolute Gasteiger partial charge is 0.246 e. The molecule has 21 heavy (non-hydrogen) atoms. The Morgan fingerprint density at radius 1 is 1.33 bits per heavy atom. The lowest BCUT2D eigenvalue weighted by atomic mass is 10.4. The number of pyridine rings is 1. The first kappa shape index (κ1) is 16.2. The van der Waals surface area contributed by atoms with Gasteiger partial charge in [-0.1, -0.05) is 6.92 Å². The van der Waals surface area contributed by atoms with E-state index in [1.165, 1.54) is 16.6 Å². The van der Waals surface area contributed by atoms with Gasteiger partial charge >= 0.3 is 0 Å². The Kier molecular flexibility index (Phi) is 4.84. The fraction of sp³-hybridized carbons (Fsp3) is 0.583. The zero-order valence-corrected chi connectivity index (χ0v) is 13.5. The number of aromatic nitrogens is 1. The number of rotatable bonds is 5. The molecule has 0 atom stereocenters. The van der Waals surface area contributed by atoms with Crippen molar-refractivity contribution >= 4 is 25.7 Å². The van der Waals surface area contributed by atoms with E-state index in [4.69, 9.17) is 0 Å². The second-order valence-corrected chi connectivity index (χ2v) is 9.04. The highest BCUT2D eigenvalue weighted by atomic mass is 32.2. The van der Waals surface area contributed by atoms with Gasteiger partial charge in [0.2, 0.25) is 10.0 Å². The molecular formula is C12H19N3O4S2. The van der Waals surface area contributed by atoms with Crippen LogP contribution in [0.1, 0.15) is 13.3 Å². The van der Waals surface area contributed by atoms with E-state index in [9.17, 15) is 16.8 Å². The zero-order valence-electron chi connectivity index (χ0n) is 11.8. The van der Waals surface area contributed by atoms with Gasteiger partial charge in [-0.2, -0.15) is 4.31 Å². The van der Waals surface area contributed by atoms with Gasteiger partial charge in [0.1, 0.15) is 10.7 Å². The van der Waals surface area contributed by atoms with Gasteiger partial charge in [0, 0.05) is 25.8 Å². The summed E-state index contributed by atoms with van der Waals surface area (Å²) in [6.45, 7) is 2.58. The molecule has 0 unspecified atom stereocenters. The van der Waals surface area contributed by atoms with Crippen LogP contribution in [0.15, 0.2) is 23.2 Å². The molecule has 1 saturated heterocycles. The van der Waals surface area contributed by atoms with E-state index in [0.717, 1.165) is 6.42 Å². The SMILES string of the molecule is CCCNc1ncccc1S(=O)(=O)N1CCS(=O)(=O)CC1. The maximum absolute atomic E-state index is 12.6. The van der Waals surface area contributed by atoms with Gasteiger partial charge in [0.05, 0.1) is 11.5 Å². The van der Waals surface area contributed by atoms with Gasteiger partial charge in [-0.05, 0) is 18.6 Å². The number of nitrogens with one attached hydrogen (secondary N) is 1. The van der Waals surface area contributed by atoms with Crippen LogP contribution < -0.4 is 5.32 Å². The second kappa shape index (κ2) is 6.29. The van der Waals surface area contributed by atoms with Crippen molar-refractivity contribution in [3.63, 3.8) is 0 Å². The molecule has 1 aromatic rings. The van der Waals surface area contributed by atoms with Gasteiger partial charge in [-0.3, -0.25) is 0 Å². The number of hydrogen-bond donors (Lipinski definition) is 1. The molecule has 0 saturated carbocycles. The highest BCUT2D eigenvalue weighted by Crippen LogP contribution is 2.23. The van der Waals surface area contributed by atoms with E-state index in [0.29, 0.717) is 12.4 Å². The fourth-order valence-electron chi connectivity index (χ4n) is 2.05. The van der Waals surface area contributed by atoms with Gasteiger partial charge in [-0.15, -0.1) is 0 Å². The predicted molar refractivity (Wildman–Crippen MR) is 80.4 cm³/mol.